The molecule has 9 heteroatoms. The molecule has 0 bridgehead atoms. The van der Waals surface area contributed by atoms with Crippen LogP contribution in [0.25, 0.3) is 6.08 Å². The molecule has 1 heterocycles. The van der Waals surface area contributed by atoms with Crippen LogP contribution in [0.1, 0.15) is 30.5 Å². The van der Waals surface area contributed by atoms with Gasteiger partial charge in [0.1, 0.15) is 23.7 Å². The predicted octanol–water partition coefficient (Wildman–Crippen LogP) is 4.46. The lowest BCUT2D eigenvalue weighted by Crippen LogP contribution is -2.54. The number of nitrogens with one attached hydrogen (secondary N) is 2. The van der Waals surface area contributed by atoms with Gasteiger partial charge in [0.2, 0.25) is 5.91 Å². The first-order valence-corrected chi connectivity index (χ1v) is 12.0. The van der Waals surface area contributed by atoms with Crippen molar-refractivity contribution >= 4 is 41.2 Å². The van der Waals surface area contributed by atoms with E-state index in [0.717, 1.165) is 16.9 Å². The Balaban J connectivity index is 1.56. The molecule has 2 N–H and O–H groups in total. The van der Waals surface area contributed by atoms with Crippen LogP contribution in [0.2, 0.25) is 0 Å². The monoisotopic (exact) mass is 513 g/mol. The largest absolute Gasteiger partial charge is 0.496 e. The topological polar surface area (TPSA) is 114 Å². The zero-order valence-corrected chi connectivity index (χ0v) is 21.2. The molecule has 1 saturated heterocycles. The fraction of sp³-hybridized carbons (Fsp3) is 0.172. The van der Waals surface area contributed by atoms with Gasteiger partial charge in [-0.15, -0.1) is 0 Å². The normalized spacial score (nSPS) is 14.3. The molecule has 5 amide bonds. The molecule has 0 unspecified atom stereocenters. The molecule has 0 aliphatic carbocycles. The van der Waals surface area contributed by atoms with Gasteiger partial charge in [-0.2, -0.15) is 0 Å². The van der Waals surface area contributed by atoms with Gasteiger partial charge in [-0.05, 0) is 72.2 Å². The molecule has 1 fully saturated rings. The number of rotatable bonds is 8. The van der Waals surface area contributed by atoms with E-state index < -0.39 is 17.8 Å². The van der Waals surface area contributed by atoms with Crippen LogP contribution in [0, 0.1) is 0 Å². The number of anilines is 2. The number of ether oxygens (including phenoxy) is 2. The van der Waals surface area contributed by atoms with Crippen LogP contribution in [0.5, 0.6) is 11.5 Å². The van der Waals surface area contributed by atoms with Crippen LogP contribution >= 0.6 is 0 Å². The van der Waals surface area contributed by atoms with Gasteiger partial charge in [0.05, 0.1) is 12.8 Å². The number of aryl methyl sites for hydroxylation is 1. The molecule has 0 atom stereocenters. The fourth-order valence-electron chi connectivity index (χ4n) is 3.94. The van der Waals surface area contributed by atoms with Crippen LogP contribution in [0.4, 0.5) is 16.2 Å². The Morgan fingerprint density at radius 3 is 2.34 bits per heavy atom. The Labute approximate surface area is 220 Å². The lowest BCUT2D eigenvalue weighted by molar-refractivity contribution is -0.122. The van der Waals surface area contributed by atoms with E-state index in [-0.39, 0.29) is 18.1 Å². The molecule has 9 nitrogen and oxygen atoms in total. The van der Waals surface area contributed by atoms with E-state index in [9.17, 15) is 19.2 Å². The number of imide groups is 2. The number of methoxy groups -OCH3 is 1. The highest BCUT2D eigenvalue weighted by molar-refractivity contribution is 6.39. The molecule has 3 aromatic rings. The zero-order chi connectivity index (χ0) is 27.2. The second-order valence-electron chi connectivity index (χ2n) is 8.54. The van der Waals surface area contributed by atoms with Crippen LogP contribution < -0.4 is 25.0 Å². The summed E-state index contributed by atoms with van der Waals surface area (Å²) in [4.78, 5) is 50.4. The first kappa shape index (κ1) is 26.2. The van der Waals surface area contributed by atoms with Gasteiger partial charge in [0.25, 0.3) is 11.8 Å². The average Bonchev–Trinajstić information content (AvgIpc) is 2.90. The average molecular weight is 514 g/mol. The van der Waals surface area contributed by atoms with Gasteiger partial charge in [0.15, 0.2) is 0 Å². The quantitative estimate of drug-likeness (QED) is 0.340. The number of carbonyl (C=O) groups excluding carboxylic acids is 4. The molecule has 0 aromatic heterocycles. The van der Waals surface area contributed by atoms with Crippen molar-refractivity contribution in [1.82, 2.24) is 5.32 Å². The second-order valence-corrected chi connectivity index (χ2v) is 8.54. The molecule has 1 aliphatic heterocycles. The molecule has 0 spiro atoms. The number of barbiturate groups is 1. The van der Waals surface area contributed by atoms with E-state index in [2.05, 4.69) is 10.6 Å². The standard InChI is InChI=1S/C29H27N3O6/c1-4-19-5-10-23(11-6-19)32-28(35)25(27(34)31-29(32)36)16-20-7-14-26(37-3)21(15-20)17-38-24-12-8-22(9-13-24)30-18(2)33/h5-16H,4,17H2,1-3H3,(H,30,33)(H,31,34,36)/b25-16-. The second kappa shape index (κ2) is 11.4. The Morgan fingerprint density at radius 1 is 1.00 bits per heavy atom. The van der Waals surface area contributed by atoms with Crippen LogP contribution in [-0.4, -0.2) is 30.9 Å². The van der Waals surface area contributed by atoms with Crippen LogP contribution in [-0.2, 0) is 27.4 Å². The van der Waals surface area contributed by atoms with Crippen molar-refractivity contribution in [2.24, 2.45) is 0 Å². The summed E-state index contributed by atoms with van der Waals surface area (Å²) in [7, 11) is 1.53. The molecule has 38 heavy (non-hydrogen) atoms. The molecule has 0 saturated carbocycles. The van der Waals surface area contributed by atoms with E-state index in [1.165, 1.54) is 20.1 Å². The minimum atomic E-state index is -0.797. The third kappa shape index (κ3) is 5.89. The van der Waals surface area contributed by atoms with Crippen LogP contribution in [0.3, 0.4) is 0 Å². The van der Waals surface area contributed by atoms with Crippen molar-refractivity contribution in [3.05, 3.63) is 89.0 Å². The molecule has 1 aliphatic rings. The van der Waals surface area contributed by atoms with Crippen LogP contribution in [0.15, 0.2) is 72.3 Å². The highest BCUT2D eigenvalue weighted by atomic mass is 16.5. The van der Waals surface area contributed by atoms with E-state index in [4.69, 9.17) is 9.47 Å². The number of carbonyl (C=O) groups is 4. The Kier molecular flexibility index (Phi) is 7.86. The van der Waals surface area contributed by atoms with E-state index in [1.54, 1.807) is 54.6 Å². The van der Waals surface area contributed by atoms with E-state index in [1.807, 2.05) is 19.1 Å². The van der Waals surface area contributed by atoms with Crippen molar-refractivity contribution in [3.63, 3.8) is 0 Å². The number of hydrogen-bond acceptors (Lipinski definition) is 6. The third-order valence-electron chi connectivity index (χ3n) is 5.89. The molecule has 194 valence electrons. The number of urea groups is 1. The van der Waals surface area contributed by atoms with Crippen molar-refractivity contribution in [2.75, 3.05) is 17.3 Å². The maximum Gasteiger partial charge on any atom is 0.335 e. The summed E-state index contributed by atoms with van der Waals surface area (Å²) in [5.74, 6) is -0.504. The van der Waals surface area contributed by atoms with Gasteiger partial charge in [0, 0.05) is 18.2 Å². The summed E-state index contributed by atoms with van der Waals surface area (Å²) in [6, 6.07) is 18.3. The van der Waals surface area contributed by atoms with Gasteiger partial charge in [-0.3, -0.25) is 19.7 Å². The number of nitrogens with zero attached hydrogens (tertiary/aromatic N) is 1. The maximum absolute atomic E-state index is 13.2. The Bertz CT molecular complexity index is 1410. The van der Waals surface area contributed by atoms with E-state index in [0.29, 0.717) is 34.0 Å². The summed E-state index contributed by atoms with van der Waals surface area (Å²) >= 11 is 0. The summed E-state index contributed by atoms with van der Waals surface area (Å²) in [6.45, 7) is 3.59. The van der Waals surface area contributed by atoms with Crippen molar-refractivity contribution in [1.29, 1.82) is 0 Å². The lowest BCUT2D eigenvalue weighted by Gasteiger charge is -2.26. The molecule has 3 aromatic carbocycles. The molecular weight excluding hydrogens is 486 g/mol. The highest BCUT2D eigenvalue weighted by Crippen LogP contribution is 2.26. The summed E-state index contributed by atoms with van der Waals surface area (Å²) in [6.07, 6.45) is 2.25. The van der Waals surface area contributed by atoms with Crippen molar-refractivity contribution in [3.8, 4) is 11.5 Å². The SMILES string of the molecule is CCc1ccc(N2C(=O)NC(=O)/C(=C/c3ccc(OC)c(COc4ccc(NC(C)=O)cc4)c3)C2=O)cc1. The van der Waals surface area contributed by atoms with Gasteiger partial charge < -0.3 is 14.8 Å². The van der Waals surface area contributed by atoms with Gasteiger partial charge in [-0.1, -0.05) is 25.1 Å². The smallest absolute Gasteiger partial charge is 0.335 e. The van der Waals surface area contributed by atoms with E-state index >= 15 is 0 Å². The summed E-state index contributed by atoms with van der Waals surface area (Å²) in [5, 5.41) is 4.93. The molecular formula is C29H27N3O6. The summed E-state index contributed by atoms with van der Waals surface area (Å²) < 4.78 is 11.3. The Morgan fingerprint density at radius 2 is 1.71 bits per heavy atom. The van der Waals surface area contributed by atoms with Gasteiger partial charge >= 0.3 is 6.03 Å². The number of amides is 5. The first-order chi connectivity index (χ1) is 18.3. The third-order valence-corrected chi connectivity index (χ3v) is 5.89. The lowest BCUT2D eigenvalue weighted by atomic mass is 10.0. The highest BCUT2D eigenvalue weighted by Gasteiger charge is 2.36. The predicted molar refractivity (Wildman–Crippen MR) is 143 cm³/mol. The summed E-state index contributed by atoms with van der Waals surface area (Å²) in [5.41, 5.74) is 3.15. The maximum atomic E-state index is 13.2. The van der Waals surface area contributed by atoms with Crippen molar-refractivity contribution in [2.45, 2.75) is 26.9 Å². The Hall–Kier alpha value is -4.92. The zero-order valence-electron chi connectivity index (χ0n) is 21.2. The first-order valence-electron chi connectivity index (χ1n) is 12.0. The number of benzene rings is 3. The molecule has 0 radical (unpaired) electrons. The minimum Gasteiger partial charge on any atom is -0.496 e. The van der Waals surface area contributed by atoms with Gasteiger partial charge in [-0.25, -0.2) is 9.69 Å². The number of hydrogen-bond donors (Lipinski definition) is 2. The minimum absolute atomic E-state index is 0.147. The fourth-order valence-corrected chi connectivity index (χ4v) is 3.94. The van der Waals surface area contributed by atoms with Crippen molar-refractivity contribution < 1.29 is 28.7 Å². The molecule has 4 rings (SSSR count).